The predicted octanol–water partition coefficient (Wildman–Crippen LogP) is 5.50. The summed E-state index contributed by atoms with van der Waals surface area (Å²) in [7, 11) is 0. The number of nitrogens with zero attached hydrogens (tertiary/aromatic N) is 4. The molecule has 0 fully saturated rings. The minimum atomic E-state index is -0.505. The van der Waals surface area contributed by atoms with E-state index in [1.165, 1.54) is 6.07 Å². The summed E-state index contributed by atoms with van der Waals surface area (Å²) in [6.45, 7) is 2.96. The van der Waals surface area contributed by atoms with Crippen LogP contribution in [0.4, 0.5) is 11.4 Å². The zero-order chi connectivity index (χ0) is 23.7. The van der Waals surface area contributed by atoms with Gasteiger partial charge in [0.15, 0.2) is 0 Å². The number of nitro benzene ring substituents is 1. The van der Waals surface area contributed by atoms with Crippen molar-refractivity contribution in [1.82, 2.24) is 14.8 Å². The Balaban J connectivity index is 1.29. The van der Waals surface area contributed by atoms with Gasteiger partial charge in [0.25, 0.3) is 16.8 Å². The number of hydrogen-bond donors (Lipinski definition) is 1. The fourth-order valence-electron chi connectivity index (χ4n) is 3.99. The SMILES string of the molecule is CCn1c2ccccc2c2cc(NC(=O)CSc3nnc(-c4ccccc4[N+](=O)[O-])o3)ccc21. The number of nitro groups is 1. The summed E-state index contributed by atoms with van der Waals surface area (Å²) >= 11 is 1.07. The molecule has 0 aliphatic heterocycles. The highest BCUT2D eigenvalue weighted by Gasteiger charge is 2.20. The largest absolute Gasteiger partial charge is 0.411 e. The molecule has 2 heterocycles. The van der Waals surface area contributed by atoms with E-state index in [9.17, 15) is 14.9 Å². The highest BCUT2D eigenvalue weighted by molar-refractivity contribution is 7.99. The topological polar surface area (TPSA) is 116 Å². The molecule has 0 saturated carbocycles. The maximum absolute atomic E-state index is 12.6. The van der Waals surface area contributed by atoms with Crippen molar-refractivity contribution in [2.45, 2.75) is 18.7 Å². The number of rotatable bonds is 7. The number of para-hydroxylation sites is 2. The molecule has 0 atom stereocenters. The number of hydrogen-bond acceptors (Lipinski definition) is 7. The second-order valence-corrected chi connectivity index (χ2v) is 8.40. The van der Waals surface area contributed by atoms with Gasteiger partial charge in [0.05, 0.1) is 10.7 Å². The van der Waals surface area contributed by atoms with E-state index in [4.69, 9.17) is 4.42 Å². The molecular formula is C24H19N5O4S. The molecule has 5 rings (SSSR count). The van der Waals surface area contributed by atoms with Gasteiger partial charge in [-0.25, -0.2) is 0 Å². The molecule has 0 saturated heterocycles. The van der Waals surface area contributed by atoms with E-state index < -0.39 is 4.92 Å². The maximum atomic E-state index is 12.6. The van der Waals surface area contributed by atoms with Gasteiger partial charge in [-0.1, -0.05) is 42.1 Å². The molecule has 3 aromatic carbocycles. The summed E-state index contributed by atoms with van der Waals surface area (Å²) in [5.41, 5.74) is 3.08. The molecule has 34 heavy (non-hydrogen) atoms. The first kappa shape index (κ1) is 21.7. The van der Waals surface area contributed by atoms with Crippen LogP contribution >= 0.6 is 11.8 Å². The van der Waals surface area contributed by atoms with Gasteiger partial charge < -0.3 is 14.3 Å². The van der Waals surface area contributed by atoms with Gasteiger partial charge in [0.2, 0.25) is 5.91 Å². The fourth-order valence-corrected chi connectivity index (χ4v) is 4.55. The van der Waals surface area contributed by atoms with Crippen molar-refractivity contribution in [3.8, 4) is 11.5 Å². The van der Waals surface area contributed by atoms with E-state index in [0.29, 0.717) is 5.69 Å². The minimum absolute atomic E-state index is 0.0352. The van der Waals surface area contributed by atoms with Crippen molar-refractivity contribution >= 4 is 50.8 Å². The highest BCUT2D eigenvalue weighted by Crippen LogP contribution is 2.32. The van der Waals surface area contributed by atoms with Crippen LogP contribution in [0.1, 0.15) is 6.92 Å². The number of carbonyl (C=O) groups excluding carboxylic acids is 1. The van der Waals surface area contributed by atoms with Gasteiger partial charge in [0.1, 0.15) is 5.56 Å². The number of amides is 1. The molecule has 0 spiro atoms. The Morgan fingerprint density at radius 1 is 1.06 bits per heavy atom. The molecule has 9 nitrogen and oxygen atoms in total. The van der Waals surface area contributed by atoms with Gasteiger partial charge in [0, 0.05) is 40.1 Å². The van der Waals surface area contributed by atoms with Crippen molar-refractivity contribution < 1.29 is 14.1 Å². The molecule has 0 unspecified atom stereocenters. The van der Waals surface area contributed by atoms with Crippen molar-refractivity contribution in [3.63, 3.8) is 0 Å². The first-order valence-electron chi connectivity index (χ1n) is 10.6. The zero-order valence-electron chi connectivity index (χ0n) is 18.1. The molecule has 5 aromatic rings. The molecule has 0 aliphatic carbocycles. The first-order valence-corrected chi connectivity index (χ1v) is 11.5. The van der Waals surface area contributed by atoms with Crippen LogP contribution in [0, 0.1) is 10.1 Å². The number of fused-ring (bicyclic) bond motifs is 3. The average Bonchev–Trinajstić information content (AvgIpc) is 3.45. The number of anilines is 1. The number of nitrogens with one attached hydrogen (secondary N) is 1. The van der Waals surface area contributed by atoms with Gasteiger partial charge in [-0.2, -0.15) is 0 Å². The second kappa shape index (κ2) is 8.99. The van der Waals surface area contributed by atoms with Crippen molar-refractivity contribution in [1.29, 1.82) is 0 Å². The molecule has 1 N–H and O–H groups in total. The molecule has 0 bridgehead atoms. The highest BCUT2D eigenvalue weighted by atomic mass is 32.2. The quantitative estimate of drug-likeness (QED) is 0.188. The zero-order valence-corrected chi connectivity index (χ0v) is 18.9. The van der Waals surface area contributed by atoms with Gasteiger partial charge in [-0.05, 0) is 37.3 Å². The third kappa shape index (κ3) is 3.99. The monoisotopic (exact) mass is 473 g/mol. The Bertz CT molecular complexity index is 1540. The molecule has 1 amide bonds. The van der Waals surface area contributed by atoms with Gasteiger partial charge in [-0.3, -0.25) is 14.9 Å². The molecular weight excluding hydrogens is 454 g/mol. The Morgan fingerprint density at radius 3 is 2.65 bits per heavy atom. The second-order valence-electron chi connectivity index (χ2n) is 7.48. The van der Waals surface area contributed by atoms with Crippen LogP contribution in [-0.4, -0.2) is 31.3 Å². The van der Waals surface area contributed by atoms with E-state index in [1.54, 1.807) is 18.2 Å². The summed E-state index contributed by atoms with van der Waals surface area (Å²) in [6, 6.07) is 20.2. The number of carbonyl (C=O) groups is 1. The van der Waals surface area contributed by atoms with Crippen LogP contribution in [0.5, 0.6) is 0 Å². The number of thioether (sulfide) groups is 1. The molecule has 2 aromatic heterocycles. The van der Waals surface area contributed by atoms with E-state index in [-0.39, 0.29) is 34.0 Å². The summed E-state index contributed by atoms with van der Waals surface area (Å²) in [5.74, 6) is -0.144. The Hall–Kier alpha value is -4.18. The summed E-state index contributed by atoms with van der Waals surface area (Å²) in [6.07, 6.45) is 0. The van der Waals surface area contributed by atoms with E-state index >= 15 is 0 Å². The summed E-state index contributed by atoms with van der Waals surface area (Å²) in [5, 5.41) is 24.3. The molecule has 0 aliphatic rings. The lowest BCUT2D eigenvalue weighted by Gasteiger charge is -2.06. The predicted molar refractivity (Wildman–Crippen MR) is 131 cm³/mol. The fraction of sp³-hybridized carbons (Fsp3) is 0.125. The van der Waals surface area contributed by atoms with E-state index in [0.717, 1.165) is 40.1 Å². The van der Waals surface area contributed by atoms with E-state index in [2.05, 4.69) is 39.1 Å². The van der Waals surface area contributed by atoms with Crippen LogP contribution in [0.3, 0.4) is 0 Å². The van der Waals surface area contributed by atoms with Crippen LogP contribution in [0.15, 0.2) is 76.4 Å². The van der Waals surface area contributed by atoms with Crippen molar-refractivity contribution in [2.75, 3.05) is 11.1 Å². The standard InChI is InChI=1S/C24H19N5O4S/c1-2-28-19-9-5-3-7-16(19)18-13-15(11-12-20(18)28)25-22(30)14-34-24-27-26-23(33-24)17-8-4-6-10-21(17)29(31)32/h3-13H,2,14H2,1H3,(H,25,30). The van der Waals surface area contributed by atoms with Crippen LogP contribution in [0.25, 0.3) is 33.3 Å². The molecule has 170 valence electrons. The Morgan fingerprint density at radius 2 is 1.82 bits per heavy atom. The average molecular weight is 474 g/mol. The minimum Gasteiger partial charge on any atom is -0.411 e. The molecule has 0 radical (unpaired) electrons. The van der Waals surface area contributed by atoms with Gasteiger partial charge >= 0.3 is 0 Å². The first-order chi connectivity index (χ1) is 16.5. The smallest absolute Gasteiger partial charge is 0.282 e. The third-order valence-electron chi connectivity index (χ3n) is 5.44. The molecule has 10 heteroatoms. The lowest BCUT2D eigenvalue weighted by atomic mass is 10.1. The van der Waals surface area contributed by atoms with Crippen molar-refractivity contribution in [3.05, 3.63) is 76.8 Å². The Labute approximate surface area is 197 Å². The van der Waals surface area contributed by atoms with Gasteiger partial charge in [-0.15, -0.1) is 10.2 Å². The number of aromatic nitrogens is 3. The third-order valence-corrected chi connectivity index (χ3v) is 6.26. The summed E-state index contributed by atoms with van der Waals surface area (Å²) in [4.78, 5) is 23.3. The van der Waals surface area contributed by atoms with Crippen LogP contribution in [-0.2, 0) is 11.3 Å². The van der Waals surface area contributed by atoms with Crippen molar-refractivity contribution in [2.24, 2.45) is 0 Å². The number of benzene rings is 3. The maximum Gasteiger partial charge on any atom is 0.282 e. The lowest BCUT2D eigenvalue weighted by molar-refractivity contribution is -0.384. The van der Waals surface area contributed by atoms with E-state index in [1.807, 2.05) is 30.3 Å². The number of aryl methyl sites for hydroxylation is 1. The Kier molecular flexibility index (Phi) is 5.72. The summed E-state index contributed by atoms with van der Waals surface area (Å²) < 4.78 is 7.78. The normalized spacial score (nSPS) is 11.2. The van der Waals surface area contributed by atoms with Crippen LogP contribution in [0.2, 0.25) is 0 Å². The lowest BCUT2D eigenvalue weighted by Crippen LogP contribution is -2.13. The van der Waals surface area contributed by atoms with Crippen LogP contribution < -0.4 is 5.32 Å².